The molecule has 0 bridgehead atoms. The maximum Gasteiger partial charge on any atom is 0.407 e. The average Bonchev–Trinajstić information content (AvgIpc) is 3.36. The van der Waals surface area contributed by atoms with Crippen molar-refractivity contribution in [3.8, 4) is 17.2 Å². The highest BCUT2D eigenvalue weighted by Crippen LogP contribution is 2.25. The van der Waals surface area contributed by atoms with Crippen molar-refractivity contribution < 1.29 is 33.4 Å². The molecule has 1 heterocycles. The fourth-order valence-corrected chi connectivity index (χ4v) is 4.30. The van der Waals surface area contributed by atoms with E-state index in [0.717, 1.165) is 22.4 Å². The molecule has 1 aromatic heterocycles. The highest BCUT2D eigenvalue weighted by atomic mass is 16.6. The Morgan fingerprint density at radius 2 is 1.70 bits per heavy atom. The van der Waals surface area contributed by atoms with Crippen LogP contribution in [-0.4, -0.2) is 40.8 Å². The number of ether oxygens (including phenoxy) is 2. The lowest BCUT2D eigenvalue weighted by Gasteiger charge is -2.14. The van der Waals surface area contributed by atoms with Crippen LogP contribution in [0.25, 0.3) is 11.5 Å². The second-order valence-corrected chi connectivity index (χ2v) is 10.1. The first-order chi connectivity index (χ1) is 20.7. The van der Waals surface area contributed by atoms with Crippen molar-refractivity contribution in [3.63, 3.8) is 0 Å². The Bertz CT molecular complexity index is 1550. The fourth-order valence-electron chi connectivity index (χ4n) is 4.30. The standard InChI is InChI=1S/C33H35N3O7/c1-21(2)42-33(40)34-20-26-19-28(15-11-23(26)12-16-30(37)38)41-18-17-29-22(3)43-32(36-29)25-9-13-27(14-10-25)35-31(39)24-7-5-4-6-8-24/h4-11,13-15,19,21H,12,16-18,20H2,1-3H3,(H,34,40)(H,35,39)(H,37,38). The van der Waals surface area contributed by atoms with E-state index in [0.29, 0.717) is 48.1 Å². The summed E-state index contributed by atoms with van der Waals surface area (Å²) < 4.78 is 17.0. The molecule has 0 saturated heterocycles. The van der Waals surface area contributed by atoms with E-state index < -0.39 is 12.1 Å². The minimum Gasteiger partial charge on any atom is -0.493 e. The summed E-state index contributed by atoms with van der Waals surface area (Å²) in [5, 5.41) is 14.7. The summed E-state index contributed by atoms with van der Waals surface area (Å²) in [4.78, 5) is 40.1. The van der Waals surface area contributed by atoms with Crippen LogP contribution in [0.1, 0.15) is 53.2 Å². The number of aliphatic carboxylic acids is 1. The van der Waals surface area contributed by atoms with Crippen LogP contribution in [0.2, 0.25) is 0 Å². The largest absolute Gasteiger partial charge is 0.493 e. The van der Waals surface area contributed by atoms with Gasteiger partial charge in [-0.15, -0.1) is 0 Å². The van der Waals surface area contributed by atoms with Crippen LogP contribution in [0.5, 0.6) is 5.75 Å². The van der Waals surface area contributed by atoms with Gasteiger partial charge in [-0.3, -0.25) is 9.59 Å². The number of carboxylic acid groups (broad SMARTS) is 1. The van der Waals surface area contributed by atoms with E-state index in [2.05, 4.69) is 15.6 Å². The Labute approximate surface area is 250 Å². The predicted molar refractivity (Wildman–Crippen MR) is 161 cm³/mol. The van der Waals surface area contributed by atoms with Crippen LogP contribution in [-0.2, 0) is 28.9 Å². The van der Waals surface area contributed by atoms with Crippen LogP contribution >= 0.6 is 0 Å². The minimum absolute atomic E-state index is 0.0253. The zero-order valence-electron chi connectivity index (χ0n) is 24.4. The molecule has 0 aliphatic carbocycles. The van der Waals surface area contributed by atoms with E-state index in [1.807, 2.05) is 43.3 Å². The number of hydrogen-bond donors (Lipinski definition) is 3. The first-order valence-corrected chi connectivity index (χ1v) is 14.0. The Morgan fingerprint density at radius 1 is 0.953 bits per heavy atom. The molecule has 0 aliphatic heterocycles. The van der Waals surface area contributed by atoms with Crippen LogP contribution in [0.4, 0.5) is 10.5 Å². The highest BCUT2D eigenvalue weighted by molar-refractivity contribution is 6.04. The van der Waals surface area contributed by atoms with Gasteiger partial charge in [-0.1, -0.05) is 24.3 Å². The van der Waals surface area contributed by atoms with Gasteiger partial charge in [0.05, 0.1) is 18.4 Å². The zero-order valence-corrected chi connectivity index (χ0v) is 24.4. The lowest BCUT2D eigenvalue weighted by Crippen LogP contribution is -2.26. The maximum absolute atomic E-state index is 12.4. The molecule has 0 fully saturated rings. The van der Waals surface area contributed by atoms with Gasteiger partial charge in [-0.2, -0.15) is 0 Å². The van der Waals surface area contributed by atoms with Crippen molar-refractivity contribution in [2.24, 2.45) is 0 Å². The van der Waals surface area contributed by atoms with Gasteiger partial charge in [0.15, 0.2) is 0 Å². The summed E-state index contributed by atoms with van der Waals surface area (Å²) in [6, 6.07) is 21.7. The van der Waals surface area contributed by atoms with Gasteiger partial charge >= 0.3 is 12.1 Å². The number of hydrogen-bond acceptors (Lipinski definition) is 7. The molecule has 4 aromatic rings. The molecule has 10 heteroatoms. The van der Waals surface area contributed by atoms with E-state index in [1.54, 1.807) is 50.2 Å². The topological polar surface area (TPSA) is 140 Å². The number of alkyl carbamates (subject to hydrolysis) is 1. The summed E-state index contributed by atoms with van der Waals surface area (Å²) in [5.41, 5.74) is 4.33. The first kappa shape index (κ1) is 30.8. The molecule has 0 spiro atoms. The Hall–Kier alpha value is -5.12. The molecular weight excluding hydrogens is 550 g/mol. The third-order valence-corrected chi connectivity index (χ3v) is 6.48. The van der Waals surface area contributed by atoms with E-state index in [4.69, 9.17) is 19.0 Å². The van der Waals surface area contributed by atoms with E-state index in [1.165, 1.54) is 0 Å². The molecule has 2 amide bonds. The predicted octanol–water partition coefficient (Wildman–Crippen LogP) is 6.18. The number of nitrogens with zero attached hydrogens (tertiary/aromatic N) is 1. The molecule has 0 atom stereocenters. The summed E-state index contributed by atoms with van der Waals surface area (Å²) in [7, 11) is 0. The van der Waals surface area contributed by atoms with Gasteiger partial charge in [0.25, 0.3) is 5.91 Å². The molecule has 0 unspecified atom stereocenters. The maximum atomic E-state index is 12.4. The number of benzene rings is 3. The number of oxazole rings is 1. The fraction of sp³-hybridized carbons (Fsp3) is 0.273. The normalized spacial score (nSPS) is 10.8. The quantitative estimate of drug-likeness (QED) is 0.169. The molecular formula is C33H35N3O7. The SMILES string of the molecule is Cc1oc(-c2ccc(NC(=O)c3ccccc3)cc2)nc1CCOc1ccc(CCC(=O)O)c(CNC(=O)OC(C)C)c1. The molecule has 4 rings (SSSR count). The molecule has 3 N–H and O–H groups in total. The molecule has 224 valence electrons. The van der Waals surface area contributed by atoms with Crippen molar-refractivity contribution in [1.82, 2.24) is 10.3 Å². The lowest BCUT2D eigenvalue weighted by molar-refractivity contribution is -0.136. The Kier molecular flexibility index (Phi) is 10.5. The number of rotatable bonds is 13. The molecule has 43 heavy (non-hydrogen) atoms. The molecule has 0 radical (unpaired) electrons. The highest BCUT2D eigenvalue weighted by Gasteiger charge is 2.14. The van der Waals surface area contributed by atoms with E-state index in [-0.39, 0.29) is 25.0 Å². The van der Waals surface area contributed by atoms with Gasteiger partial charge in [-0.25, -0.2) is 9.78 Å². The zero-order chi connectivity index (χ0) is 30.8. The van der Waals surface area contributed by atoms with Crippen molar-refractivity contribution >= 4 is 23.7 Å². The molecule has 0 aliphatic rings. The Morgan fingerprint density at radius 3 is 2.40 bits per heavy atom. The molecule has 3 aromatic carbocycles. The smallest absolute Gasteiger partial charge is 0.407 e. The third-order valence-electron chi connectivity index (χ3n) is 6.48. The number of aryl methyl sites for hydroxylation is 2. The van der Waals surface area contributed by atoms with E-state index in [9.17, 15) is 14.4 Å². The minimum atomic E-state index is -0.897. The van der Waals surface area contributed by atoms with Crippen molar-refractivity contribution in [1.29, 1.82) is 0 Å². The van der Waals surface area contributed by atoms with Crippen LogP contribution in [0.3, 0.4) is 0 Å². The number of amides is 2. The number of aromatic nitrogens is 1. The van der Waals surface area contributed by atoms with Crippen LogP contribution in [0, 0.1) is 6.92 Å². The number of carbonyl (C=O) groups is 3. The van der Waals surface area contributed by atoms with Gasteiger partial charge in [0.1, 0.15) is 11.5 Å². The third kappa shape index (κ3) is 9.19. The number of nitrogens with one attached hydrogen (secondary N) is 2. The monoisotopic (exact) mass is 585 g/mol. The van der Waals surface area contributed by atoms with Crippen molar-refractivity contribution in [3.05, 3.63) is 101 Å². The summed E-state index contributed by atoms with van der Waals surface area (Å²) in [6.07, 6.45) is -0.00592. The second-order valence-electron chi connectivity index (χ2n) is 10.1. The summed E-state index contributed by atoms with van der Waals surface area (Å²) >= 11 is 0. The first-order valence-electron chi connectivity index (χ1n) is 14.0. The average molecular weight is 586 g/mol. The number of carbonyl (C=O) groups excluding carboxylic acids is 2. The van der Waals surface area contributed by atoms with Gasteiger partial charge in [0.2, 0.25) is 5.89 Å². The summed E-state index contributed by atoms with van der Waals surface area (Å²) in [6.45, 7) is 5.87. The lowest BCUT2D eigenvalue weighted by atomic mass is 10.0. The van der Waals surface area contributed by atoms with Crippen molar-refractivity contribution in [2.45, 2.75) is 52.7 Å². The van der Waals surface area contributed by atoms with E-state index >= 15 is 0 Å². The van der Waals surface area contributed by atoms with Crippen LogP contribution in [0.15, 0.2) is 77.2 Å². The van der Waals surface area contributed by atoms with Crippen LogP contribution < -0.4 is 15.4 Å². The Balaban J connectivity index is 1.35. The molecule has 0 saturated carbocycles. The number of anilines is 1. The second kappa shape index (κ2) is 14.7. The van der Waals surface area contributed by atoms with Gasteiger partial charge in [0, 0.05) is 36.2 Å². The van der Waals surface area contributed by atoms with Gasteiger partial charge in [-0.05, 0) is 86.8 Å². The number of carboxylic acids is 1. The van der Waals surface area contributed by atoms with Gasteiger partial charge < -0.3 is 29.6 Å². The summed E-state index contributed by atoms with van der Waals surface area (Å²) in [5.74, 6) is 0.652. The molecule has 10 nitrogen and oxygen atoms in total. The van der Waals surface area contributed by atoms with Crippen molar-refractivity contribution in [2.75, 3.05) is 11.9 Å².